The molecular formula is C19H27N3O4. The second kappa shape index (κ2) is 7.55. The summed E-state index contributed by atoms with van der Waals surface area (Å²) >= 11 is 0. The van der Waals surface area contributed by atoms with Crippen LogP contribution in [0.5, 0.6) is 11.5 Å². The third-order valence-corrected chi connectivity index (χ3v) is 4.91. The molecule has 0 unspecified atom stereocenters. The summed E-state index contributed by atoms with van der Waals surface area (Å²) in [6, 6.07) is 5.49. The smallest absolute Gasteiger partial charge is 0.267 e. The van der Waals surface area contributed by atoms with E-state index in [-0.39, 0.29) is 11.4 Å². The zero-order chi connectivity index (χ0) is 18.7. The summed E-state index contributed by atoms with van der Waals surface area (Å²) in [4.78, 5) is 18.1. The van der Waals surface area contributed by atoms with E-state index in [1.165, 1.54) is 0 Å². The minimum atomic E-state index is -0.136. The SMILES string of the molecule is COc1cc(OC)c2[nH]c(C(=O)NCC(C)(C)N3CCOCC3)cc2c1. The van der Waals surface area contributed by atoms with E-state index in [0.29, 0.717) is 23.7 Å². The number of amides is 1. The second-order valence-electron chi connectivity index (χ2n) is 7.07. The number of fused-ring (bicyclic) bond motifs is 1. The van der Waals surface area contributed by atoms with Gasteiger partial charge in [0.05, 0.1) is 33.0 Å². The Kier molecular flexibility index (Phi) is 5.38. The lowest BCUT2D eigenvalue weighted by atomic mass is 10.0. The van der Waals surface area contributed by atoms with Crippen LogP contribution < -0.4 is 14.8 Å². The number of ether oxygens (including phenoxy) is 3. The van der Waals surface area contributed by atoms with Crippen molar-refractivity contribution in [1.29, 1.82) is 0 Å². The highest BCUT2D eigenvalue weighted by atomic mass is 16.5. The first-order chi connectivity index (χ1) is 12.4. The highest BCUT2D eigenvalue weighted by molar-refractivity contribution is 5.99. The molecule has 1 amide bonds. The van der Waals surface area contributed by atoms with Gasteiger partial charge in [-0.2, -0.15) is 0 Å². The van der Waals surface area contributed by atoms with Crippen molar-refractivity contribution >= 4 is 16.8 Å². The normalized spacial score (nSPS) is 15.8. The largest absolute Gasteiger partial charge is 0.497 e. The van der Waals surface area contributed by atoms with Crippen LogP contribution in [0.4, 0.5) is 0 Å². The van der Waals surface area contributed by atoms with Crippen LogP contribution in [0.1, 0.15) is 24.3 Å². The molecule has 0 bridgehead atoms. The Bertz CT molecular complexity index is 778. The summed E-state index contributed by atoms with van der Waals surface area (Å²) in [5, 5.41) is 3.91. The zero-order valence-electron chi connectivity index (χ0n) is 15.8. The molecule has 1 aliphatic rings. The molecule has 1 aromatic heterocycles. The average Bonchev–Trinajstić information content (AvgIpc) is 3.10. The maximum absolute atomic E-state index is 12.6. The fraction of sp³-hybridized carbons (Fsp3) is 0.526. The van der Waals surface area contributed by atoms with Crippen LogP contribution in [-0.4, -0.2) is 68.4 Å². The molecule has 0 aliphatic carbocycles. The highest BCUT2D eigenvalue weighted by Gasteiger charge is 2.29. The van der Waals surface area contributed by atoms with Crippen molar-refractivity contribution in [2.45, 2.75) is 19.4 Å². The monoisotopic (exact) mass is 361 g/mol. The zero-order valence-corrected chi connectivity index (χ0v) is 15.8. The van der Waals surface area contributed by atoms with Gasteiger partial charge in [-0.3, -0.25) is 9.69 Å². The van der Waals surface area contributed by atoms with Crippen LogP contribution in [-0.2, 0) is 4.74 Å². The van der Waals surface area contributed by atoms with Crippen molar-refractivity contribution in [3.63, 3.8) is 0 Å². The Morgan fingerprint density at radius 2 is 1.96 bits per heavy atom. The predicted octanol–water partition coefficient (Wildman–Crippen LogP) is 2.03. The number of carbonyl (C=O) groups excluding carboxylic acids is 1. The summed E-state index contributed by atoms with van der Waals surface area (Å²) in [6.07, 6.45) is 0. The molecule has 0 spiro atoms. The molecule has 1 aliphatic heterocycles. The maximum Gasteiger partial charge on any atom is 0.267 e. The molecule has 26 heavy (non-hydrogen) atoms. The molecule has 2 heterocycles. The van der Waals surface area contributed by atoms with Gasteiger partial charge in [0, 0.05) is 36.6 Å². The van der Waals surface area contributed by atoms with E-state index in [1.807, 2.05) is 12.1 Å². The van der Waals surface area contributed by atoms with E-state index in [2.05, 4.69) is 29.0 Å². The molecular weight excluding hydrogens is 334 g/mol. The Labute approximate surface area is 153 Å². The number of nitrogens with zero attached hydrogens (tertiary/aromatic N) is 1. The molecule has 0 saturated carbocycles. The van der Waals surface area contributed by atoms with E-state index in [1.54, 1.807) is 20.3 Å². The van der Waals surface area contributed by atoms with Crippen LogP contribution in [0.15, 0.2) is 18.2 Å². The quantitative estimate of drug-likeness (QED) is 0.823. The van der Waals surface area contributed by atoms with Gasteiger partial charge >= 0.3 is 0 Å². The Hall–Kier alpha value is -2.25. The third kappa shape index (κ3) is 3.78. The lowest BCUT2D eigenvalue weighted by molar-refractivity contribution is -0.00924. The van der Waals surface area contributed by atoms with Crippen LogP contribution in [0.25, 0.3) is 10.9 Å². The van der Waals surface area contributed by atoms with E-state index in [0.717, 1.165) is 37.2 Å². The summed E-state index contributed by atoms with van der Waals surface area (Å²) in [5.74, 6) is 1.20. The minimum absolute atomic E-state index is 0.133. The Morgan fingerprint density at radius 3 is 2.62 bits per heavy atom. The first-order valence-corrected chi connectivity index (χ1v) is 8.80. The van der Waals surface area contributed by atoms with Crippen LogP contribution in [0, 0.1) is 0 Å². The van der Waals surface area contributed by atoms with E-state index < -0.39 is 0 Å². The predicted molar refractivity (Wildman–Crippen MR) is 100 cm³/mol. The van der Waals surface area contributed by atoms with E-state index in [4.69, 9.17) is 14.2 Å². The standard InChI is InChI=1S/C19H27N3O4/c1-19(2,22-5-7-26-8-6-22)12-20-18(23)15-10-13-9-14(24-3)11-16(25-4)17(13)21-15/h9-11,21H,5-8,12H2,1-4H3,(H,20,23). The number of carbonyl (C=O) groups is 1. The first-order valence-electron chi connectivity index (χ1n) is 8.80. The highest BCUT2D eigenvalue weighted by Crippen LogP contribution is 2.31. The van der Waals surface area contributed by atoms with Gasteiger partial charge < -0.3 is 24.5 Å². The molecule has 142 valence electrons. The van der Waals surface area contributed by atoms with Gasteiger partial charge in [0.2, 0.25) is 0 Å². The van der Waals surface area contributed by atoms with Crippen molar-refractivity contribution < 1.29 is 19.0 Å². The number of hydrogen-bond donors (Lipinski definition) is 2. The number of benzene rings is 1. The van der Waals surface area contributed by atoms with Crippen LogP contribution in [0.3, 0.4) is 0 Å². The maximum atomic E-state index is 12.6. The van der Waals surface area contributed by atoms with Crippen molar-refractivity contribution in [2.75, 3.05) is 47.1 Å². The fourth-order valence-corrected chi connectivity index (χ4v) is 3.26. The number of rotatable bonds is 6. The summed E-state index contributed by atoms with van der Waals surface area (Å²) < 4.78 is 16.1. The third-order valence-electron chi connectivity index (χ3n) is 4.91. The first kappa shape index (κ1) is 18.5. The molecule has 2 aromatic rings. The topological polar surface area (TPSA) is 75.8 Å². The minimum Gasteiger partial charge on any atom is -0.497 e. The molecule has 7 heteroatoms. The van der Waals surface area contributed by atoms with Gasteiger partial charge in [-0.05, 0) is 26.0 Å². The van der Waals surface area contributed by atoms with Crippen molar-refractivity contribution in [3.8, 4) is 11.5 Å². The van der Waals surface area contributed by atoms with E-state index in [9.17, 15) is 4.79 Å². The molecule has 1 aromatic carbocycles. The number of morpholine rings is 1. The van der Waals surface area contributed by atoms with Gasteiger partial charge in [0.1, 0.15) is 17.2 Å². The number of aromatic amines is 1. The Balaban J connectivity index is 1.73. The molecule has 0 atom stereocenters. The van der Waals surface area contributed by atoms with Gasteiger partial charge in [-0.15, -0.1) is 0 Å². The number of methoxy groups -OCH3 is 2. The van der Waals surface area contributed by atoms with Gasteiger partial charge in [-0.25, -0.2) is 0 Å². The number of nitrogens with one attached hydrogen (secondary N) is 2. The van der Waals surface area contributed by atoms with Crippen molar-refractivity contribution in [1.82, 2.24) is 15.2 Å². The molecule has 7 nitrogen and oxygen atoms in total. The summed E-state index contributed by atoms with van der Waals surface area (Å²) in [7, 11) is 3.20. The van der Waals surface area contributed by atoms with Gasteiger partial charge in [-0.1, -0.05) is 0 Å². The number of aromatic nitrogens is 1. The summed E-state index contributed by atoms with van der Waals surface area (Å²) in [6.45, 7) is 8.07. The number of H-pyrrole nitrogens is 1. The lowest BCUT2D eigenvalue weighted by Crippen LogP contribution is -2.55. The summed E-state index contributed by atoms with van der Waals surface area (Å²) in [5.41, 5.74) is 1.15. The van der Waals surface area contributed by atoms with E-state index >= 15 is 0 Å². The number of hydrogen-bond acceptors (Lipinski definition) is 5. The second-order valence-corrected chi connectivity index (χ2v) is 7.07. The van der Waals surface area contributed by atoms with Crippen molar-refractivity contribution in [3.05, 3.63) is 23.9 Å². The van der Waals surface area contributed by atoms with Crippen LogP contribution in [0.2, 0.25) is 0 Å². The lowest BCUT2D eigenvalue weighted by Gasteiger charge is -2.40. The fourth-order valence-electron chi connectivity index (χ4n) is 3.26. The van der Waals surface area contributed by atoms with Gasteiger partial charge in [0.15, 0.2) is 0 Å². The molecule has 2 N–H and O–H groups in total. The van der Waals surface area contributed by atoms with Crippen LogP contribution >= 0.6 is 0 Å². The van der Waals surface area contributed by atoms with Gasteiger partial charge in [0.25, 0.3) is 5.91 Å². The molecule has 3 rings (SSSR count). The molecule has 1 saturated heterocycles. The Morgan fingerprint density at radius 1 is 1.23 bits per heavy atom. The molecule has 0 radical (unpaired) electrons. The average molecular weight is 361 g/mol. The molecule has 1 fully saturated rings. The van der Waals surface area contributed by atoms with Crippen molar-refractivity contribution in [2.24, 2.45) is 0 Å².